The Bertz CT molecular complexity index is 761. The topological polar surface area (TPSA) is 75.7 Å². The van der Waals surface area contributed by atoms with Crippen LogP contribution in [0.15, 0.2) is 12.1 Å². The lowest BCUT2D eigenvalue weighted by atomic mass is 10.1. The van der Waals surface area contributed by atoms with Crippen molar-refractivity contribution in [1.29, 1.82) is 0 Å². The molecule has 1 N–H and O–H groups in total. The second-order valence-electron chi connectivity index (χ2n) is 6.86. The van der Waals surface area contributed by atoms with Gasteiger partial charge in [0.2, 0.25) is 5.91 Å². The Hall–Kier alpha value is -1.73. The average Bonchev–Trinajstić information content (AvgIpc) is 3.05. The van der Waals surface area contributed by atoms with E-state index >= 15 is 0 Å². The van der Waals surface area contributed by atoms with Crippen molar-refractivity contribution in [1.82, 2.24) is 4.90 Å². The number of carbonyl (C=O) groups excluding carboxylic acids is 3. The smallest absolute Gasteiger partial charge is 0.330 e. The zero-order valence-electron chi connectivity index (χ0n) is 14.9. The predicted molar refractivity (Wildman–Crippen MR) is 101 cm³/mol. The Labute approximate surface area is 161 Å². The molecule has 26 heavy (non-hydrogen) atoms. The molecule has 0 unspecified atom stereocenters. The Balaban J connectivity index is 1.58. The monoisotopic (exact) mass is 396 g/mol. The minimum Gasteiger partial charge on any atom is -0.454 e. The Morgan fingerprint density at radius 2 is 2.15 bits per heavy atom. The second kappa shape index (κ2) is 7.12. The summed E-state index contributed by atoms with van der Waals surface area (Å²) in [6, 6.07) is 3.03. The molecule has 0 aliphatic carbocycles. The molecule has 2 amide bonds. The molecule has 2 heterocycles. The molecule has 2 saturated heterocycles. The van der Waals surface area contributed by atoms with Crippen LogP contribution in [-0.2, 0) is 19.1 Å². The van der Waals surface area contributed by atoms with Crippen molar-refractivity contribution in [3.05, 3.63) is 28.3 Å². The van der Waals surface area contributed by atoms with Crippen LogP contribution in [0.2, 0.25) is 5.02 Å². The van der Waals surface area contributed by atoms with E-state index < -0.39 is 24.5 Å². The highest BCUT2D eigenvalue weighted by Crippen LogP contribution is 2.47. The van der Waals surface area contributed by atoms with Gasteiger partial charge in [-0.05, 0) is 44.4 Å². The van der Waals surface area contributed by atoms with E-state index in [0.29, 0.717) is 22.9 Å². The molecule has 2 aliphatic heterocycles. The molecule has 0 spiro atoms. The number of benzene rings is 1. The molecule has 3 rings (SSSR count). The van der Waals surface area contributed by atoms with Crippen LogP contribution in [0.4, 0.5) is 5.69 Å². The summed E-state index contributed by atoms with van der Waals surface area (Å²) >= 11 is 7.75. The number of esters is 1. The fourth-order valence-electron chi connectivity index (χ4n) is 3.48. The molecule has 1 aromatic carbocycles. The van der Waals surface area contributed by atoms with E-state index in [0.717, 1.165) is 17.5 Å². The van der Waals surface area contributed by atoms with Crippen LogP contribution in [-0.4, -0.2) is 46.0 Å². The van der Waals surface area contributed by atoms with Crippen molar-refractivity contribution >= 4 is 46.8 Å². The highest BCUT2D eigenvalue weighted by Gasteiger charge is 2.53. The minimum atomic E-state index is -0.627. The molecule has 1 aromatic rings. The number of ether oxygens (including phenoxy) is 1. The van der Waals surface area contributed by atoms with Gasteiger partial charge in [0, 0.05) is 12.2 Å². The first-order valence-electron chi connectivity index (χ1n) is 8.40. The molecule has 8 heteroatoms. The zero-order valence-corrected chi connectivity index (χ0v) is 16.5. The molecule has 0 aromatic heterocycles. The van der Waals surface area contributed by atoms with E-state index in [-0.39, 0.29) is 10.8 Å². The molecule has 140 valence electrons. The van der Waals surface area contributed by atoms with Gasteiger partial charge in [-0.2, -0.15) is 0 Å². The summed E-state index contributed by atoms with van der Waals surface area (Å²) in [5.41, 5.74) is 2.34. The van der Waals surface area contributed by atoms with Crippen LogP contribution >= 0.6 is 23.4 Å². The Morgan fingerprint density at radius 1 is 1.42 bits per heavy atom. The number of hydrogen-bond acceptors (Lipinski definition) is 5. The van der Waals surface area contributed by atoms with Crippen molar-refractivity contribution < 1.29 is 19.1 Å². The van der Waals surface area contributed by atoms with Crippen LogP contribution < -0.4 is 5.32 Å². The lowest BCUT2D eigenvalue weighted by Gasteiger charge is -2.29. The van der Waals surface area contributed by atoms with E-state index in [1.165, 1.54) is 0 Å². The van der Waals surface area contributed by atoms with E-state index in [1.807, 2.05) is 26.8 Å². The van der Waals surface area contributed by atoms with Crippen molar-refractivity contribution in [2.24, 2.45) is 0 Å². The first-order valence-corrected chi connectivity index (χ1v) is 9.77. The number of amides is 2. The van der Waals surface area contributed by atoms with Gasteiger partial charge in [0.15, 0.2) is 6.61 Å². The fourth-order valence-corrected chi connectivity index (χ4v) is 5.26. The first-order chi connectivity index (χ1) is 12.2. The predicted octanol–water partition coefficient (Wildman–Crippen LogP) is 2.89. The molecule has 0 radical (unpaired) electrons. The molecular formula is C18H21ClN2O4S. The summed E-state index contributed by atoms with van der Waals surface area (Å²) < 4.78 is 5.16. The van der Waals surface area contributed by atoms with Crippen molar-refractivity contribution in [2.75, 3.05) is 17.7 Å². The van der Waals surface area contributed by atoms with Gasteiger partial charge in [0.05, 0.1) is 15.6 Å². The minimum absolute atomic E-state index is 0.0361. The summed E-state index contributed by atoms with van der Waals surface area (Å²) in [6.45, 7) is 5.31. The standard InChI is InChI=1S/C18H21ClN2O4S/c1-10-6-11(2)16(12(19)7-10)20-14(22)8-25-17(24)13-9-26-18(3)5-4-15(23)21(13)18/h6-7,13H,4-5,8-9H2,1-3H3,(H,20,22)/t13-,18-/m0/s1. The third-order valence-corrected chi connectivity index (χ3v) is 6.56. The maximum Gasteiger partial charge on any atom is 0.330 e. The van der Waals surface area contributed by atoms with E-state index in [1.54, 1.807) is 22.7 Å². The number of hydrogen-bond donors (Lipinski definition) is 1. The molecule has 2 aliphatic rings. The number of rotatable bonds is 4. The lowest BCUT2D eigenvalue weighted by Crippen LogP contribution is -2.47. The van der Waals surface area contributed by atoms with Gasteiger partial charge in [0.1, 0.15) is 6.04 Å². The SMILES string of the molecule is Cc1cc(C)c(NC(=O)COC(=O)[C@@H]2CS[C@@]3(C)CCC(=O)N23)c(Cl)c1. The number of aryl methyl sites for hydroxylation is 2. The van der Waals surface area contributed by atoms with Gasteiger partial charge in [0.25, 0.3) is 5.91 Å². The first kappa shape index (κ1) is 19.0. The number of nitrogens with one attached hydrogen (secondary N) is 1. The van der Waals surface area contributed by atoms with Crippen molar-refractivity contribution in [3.63, 3.8) is 0 Å². The summed E-state index contributed by atoms with van der Waals surface area (Å²) in [6.07, 6.45) is 1.17. The third-order valence-electron chi connectivity index (χ3n) is 4.76. The second-order valence-corrected chi connectivity index (χ2v) is 8.77. The molecule has 2 fully saturated rings. The Kier molecular flexibility index (Phi) is 5.21. The van der Waals surface area contributed by atoms with Gasteiger partial charge < -0.3 is 15.0 Å². The molecular weight excluding hydrogens is 376 g/mol. The maximum atomic E-state index is 12.4. The van der Waals surface area contributed by atoms with Gasteiger partial charge in [-0.25, -0.2) is 4.79 Å². The lowest BCUT2D eigenvalue weighted by molar-refractivity contribution is -0.155. The zero-order chi connectivity index (χ0) is 19.1. The van der Waals surface area contributed by atoms with E-state index in [9.17, 15) is 14.4 Å². The number of nitrogens with zero attached hydrogens (tertiary/aromatic N) is 1. The van der Waals surface area contributed by atoms with Crippen LogP contribution in [0.5, 0.6) is 0 Å². The van der Waals surface area contributed by atoms with Gasteiger partial charge >= 0.3 is 5.97 Å². The van der Waals surface area contributed by atoms with Crippen LogP contribution in [0, 0.1) is 13.8 Å². The van der Waals surface area contributed by atoms with Crippen LogP contribution in [0.3, 0.4) is 0 Å². The van der Waals surface area contributed by atoms with Gasteiger partial charge in [-0.1, -0.05) is 17.7 Å². The van der Waals surface area contributed by atoms with Gasteiger partial charge in [-0.3, -0.25) is 9.59 Å². The Morgan fingerprint density at radius 3 is 2.85 bits per heavy atom. The number of anilines is 1. The molecule has 0 saturated carbocycles. The summed E-state index contributed by atoms with van der Waals surface area (Å²) in [4.78, 5) is 37.9. The summed E-state index contributed by atoms with van der Waals surface area (Å²) in [7, 11) is 0. The van der Waals surface area contributed by atoms with E-state index in [2.05, 4.69) is 5.32 Å². The van der Waals surface area contributed by atoms with Crippen molar-refractivity contribution in [2.45, 2.75) is 44.5 Å². The van der Waals surface area contributed by atoms with Crippen molar-refractivity contribution in [3.8, 4) is 0 Å². The third kappa shape index (κ3) is 3.55. The molecule has 2 atom stereocenters. The maximum absolute atomic E-state index is 12.4. The van der Waals surface area contributed by atoms with Gasteiger partial charge in [-0.15, -0.1) is 11.8 Å². The molecule has 0 bridgehead atoms. The normalized spacial score (nSPS) is 24.5. The number of carbonyl (C=O) groups is 3. The van der Waals surface area contributed by atoms with E-state index in [4.69, 9.17) is 16.3 Å². The summed E-state index contributed by atoms with van der Waals surface area (Å²) in [5, 5.41) is 3.12. The molecule has 6 nitrogen and oxygen atoms in total. The highest BCUT2D eigenvalue weighted by atomic mass is 35.5. The number of thioether (sulfide) groups is 1. The number of fused-ring (bicyclic) bond motifs is 1. The van der Waals surface area contributed by atoms with Crippen LogP contribution in [0.1, 0.15) is 30.9 Å². The largest absolute Gasteiger partial charge is 0.454 e. The summed E-state index contributed by atoms with van der Waals surface area (Å²) in [5.74, 6) is -0.552. The average molecular weight is 397 g/mol. The highest BCUT2D eigenvalue weighted by molar-refractivity contribution is 8.01. The fraction of sp³-hybridized carbons (Fsp3) is 0.500. The quantitative estimate of drug-likeness (QED) is 0.792. The van der Waals surface area contributed by atoms with Crippen LogP contribution in [0.25, 0.3) is 0 Å². The number of halogens is 1.